The molecule has 0 bridgehead atoms. The summed E-state index contributed by atoms with van der Waals surface area (Å²) >= 11 is 0. The highest BCUT2D eigenvalue weighted by Gasteiger charge is 2.27. The molecule has 0 saturated carbocycles. The van der Waals surface area contributed by atoms with E-state index in [4.69, 9.17) is 4.74 Å². The highest BCUT2D eigenvalue weighted by Crippen LogP contribution is 2.24. The number of nitrogens with one attached hydrogen (secondary N) is 1. The van der Waals surface area contributed by atoms with Gasteiger partial charge >= 0.3 is 0 Å². The van der Waals surface area contributed by atoms with Gasteiger partial charge in [0.15, 0.2) is 0 Å². The van der Waals surface area contributed by atoms with E-state index in [1.54, 1.807) is 0 Å². The number of ether oxygens (including phenoxy) is 1. The summed E-state index contributed by atoms with van der Waals surface area (Å²) in [6, 6.07) is 11.8. The third kappa shape index (κ3) is 3.78. The molecular formula is C16H26N2O. The number of likely N-dealkylation sites (N-methyl/N-ethyl adjacent to an activating group) is 1. The van der Waals surface area contributed by atoms with Crippen LogP contribution in [0.2, 0.25) is 0 Å². The largest absolute Gasteiger partial charge is 0.379 e. The Balaban J connectivity index is 2.15. The molecule has 19 heavy (non-hydrogen) atoms. The van der Waals surface area contributed by atoms with Crippen LogP contribution in [0.5, 0.6) is 0 Å². The van der Waals surface area contributed by atoms with Crippen LogP contribution in [0.3, 0.4) is 0 Å². The van der Waals surface area contributed by atoms with Crippen LogP contribution in [0.25, 0.3) is 0 Å². The van der Waals surface area contributed by atoms with Crippen LogP contribution in [0.1, 0.15) is 31.9 Å². The molecule has 106 valence electrons. The predicted molar refractivity (Wildman–Crippen MR) is 79.3 cm³/mol. The number of hydrogen-bond donors (Lipinski definition) is 1. The lowest BCUT2D eigenvalue weighted by molar-refractivity contribution is 0.00680. The molecule has 1 saturated heterocycles. The van der Waals surface area contributed by atoms with Gasteiger partial charge in [0.2, 0.25) is 0 Å². The maximum absolute atomic E-state index is 5.48. The van der Waals surface area contributed by atoms with E-state index in [9.17, 15) is 0 Å². The molecule has 1 aromatic rings. The van der Waals surface area contributed by atoms with Gasteiger partial charge in [0.1, 0.15) is 0 Å². The monoisotopic (exact) mass is 262 g/mol. The minimum atomic E-state index is 0.411. The summed E-state index contributed by atoms with van der Waals surface area (Å²) in [5.41, 5.74) is 1.39. The zero-order valence-electron chi connectivity index (χ0n) is 12.1. The fourth-order valence-corrected chi connectivity index (χ4v) is 2.97. The quantitative estimate of drug-likeness (QED) is 0.852. The second-order valence-corrected chi connectivity index (χ2v) is 5.07. The van der Waals surface area contributed by atoms with Crippen molar-refractivity contribution >= 4 is 0 Å². The zero-order valence-corrected chi connectivity index (χ0v) is 12.1. The molecule has 2 rings (SSSR count). The lowest BCUT2D eigenvalue weighted by Crippen LogP contribution is -2.49. The van der Waals surface area contributed by atoms with Crippen LogP contribution in [0, 0.1) is 0 Å². The normalized spacial score (nSPS) is 20.1. The summed E-state index contributed by atoms with van der Waals surface area (Å²) in [5, 5.41) is 3.66. The van der Waals surface area contributed by atoms with E-state index in [-0.39, 0.29) is 0 Å². The highest BCUT2D eigenvalue weighted by molar-refractivity contribution is 5.20. The summed E-state index contributed by atoms with van der Waals surface area (Å²) in [4.78, 5) is 2.57. The standard InChI is InChI=1S/C16H26N2O/c1-3-15(18-10-12-19-13-11-18)16(17-4-2)14-8-6-5-7-9-14/h5-9,15-17H,3-4,10-13H2,1-2H3. The molecule has 2 unspecified atom stereocenters. The SMILES string of the molecule is CCNC(c1ccccc1)C(CC)N1CCOCC1. The molecule has 1 aromatic carbocycles. The second-order valence-electron chi connectivity index (χ2n) is 5.07. The van der Waals surface area contributed by atoms with E-state index in [0.717, 1.165) is 39.3 Å². The lowest BCUT2D eigenvalue weighted by Gasteiger charge is -2.39. The summed E-state index contributed by atoms with van der Waals surface area (Å²) in [5.74, 6) is 0. The molecule has 3 nitrogen and oxygen atoms in total. The summed E-state index contributed by atoms with van der Waals surface area (Å²) in [6.45, 7) is 9.30. The van der Waals surface area contributed by atoms with Crippen molar-refractivity contribution in [2.45, 2.75) is 32.4 Å². The fourth-order valence-electron chi connectivity index (χ4n) is 2.97. The molecule has 1 fully saturated rings. The van der Waals surface area contributed by atoms with Gasteiger partial charge in [0.05, 0.1) is 13.2 Å². The van der Waals surface area contributed by atoms with E-state index < -0.39 is 0 Å². The molecule has 1 N–H and O–H groups in total. The van der Waals surface area contributed by atoms with Crippen molar-refractivity contribution in [1.29, 1.82) is 0 Å². The lowest BCUT2D eigenvalue weighted by atomic mass is 9.95. The van der Waals surface area contributed by atoms with E-state index in [1.165, 1.54) is 5.56 Å². The van der Waals surface area contributed by atoms with Gasteiger partial charge in [-0.2, -0.15) is 0 Å². The zero-order chi connectivity index (χ0) is 13.5. The van der Waals surface area contributed by atoms with E-state index in [0.29, 0.717) is 12.1 Å². The first-order chi connectivity index (χ1) is 9.36. The Hall–Kier alpha value is -0.900. The number of nitrogens with zero attached hydrogens (tertiary/aromatic N) is 1. The molecule has 1 aliphatic heterocycles. The second kappa shape index (κ2) is 7.63. The van der Waals surface area contributed by atoms with Gasteiger partial charge in [-0.25, -0.2) is 0 Å². The van der Waals surface area contributed by atoms with Gasteiger partial charge in [0.25, 0.3) is 0 Å². The predicted octanol–water partition coefficient (Wildman–Crippen LogP) is 2.45. The highest BCUT2D eigenvalue weighted by atomic mass is 16.5. The number of benzene rings is 1. The maximum Gasteiger partial charge on any atom is 0.0594 e. The van der Waals surface area contributed by atoms with Crippen molar-refractivity contribution in [3.8, 4) is 0 Å². The summed E-state index contributed by atoms with van der Waals surface area (Å²) < 4.78 is 5.48. The van der Waals surface area contributed by atoms with Crippen molar-refractivity contribution in [2.75, 3.05) is 32.8 Å². The van der Waals surface area contributed by atoms with Crippen molar-refractivity contribution < 1.29 is 4.74 Å². The smallest absolute Gasteiger partial charge is 0.0594 e. The van der Waals surface area contributed by atoms with E-state index >= 15 is 0 Å². The first-order valence-corrected chi connectivity index (χ1v) is 7.47. The van der Waals surface area contributed by atoms with Crippen molar-refractivity contribution in [1.82, 2.24) is 10.2 Å². The average molecular weight is 262 g/mol. The Labute approximate surface area is 116 Å². The molecule has 1 heterocycles. The van der Waals surface area contributed by atoms with Crippen LogP contribution in [0.4, 0.5) is 0 Å². The van der Waals surface area contributed by atoms with Gasteiger partial charge in [-0.1, -0.05) is 44.2 Å². The Bertz CT molecular complexity index is 349. The van der Waals surface area contributed by atoms with Crippen molar-refractivity contribution in [3.63, 3.8) is 0 Å². The van der Waals surface area contributed by atoms with Gasteiger partial charge in [-0.15, -0.1) is 0 Å². The third-order valence-electron chi connectivity index (χ3n) is 3.90. The van der Waals surface area contributed by atoms with E-state index in [2.05, 4.69) is 54.4 Å². The Morgan fingerprint density at radius 3 is 2.42 bits per heavy atom. The summed E-state index contributed by atoms with van der Waals surface area (Å²) in [7, 11) is 0. The molecule has 0 aliphatic carbocycles. The minimum Gasteiger partial charge on any atom is -0.379 e. The maximum atomic E-state index is 5.48. The van der Waals surface area contributed by atoms with Gasteiger partial charge in [-0.3, -0.25) is 4.90 Å². The fraction of sp³-hybridized carbons (Fsp3) is 0.625. The molecule has 0 spiro atoms. The number of rotatable bonds is 6. The molecular weight excluding hydrogens is 236 g/mol. The van der Waals surface area contributed by atoms with Gasteiger partial charge in [0, 0.05) is 25.2 Å². The number of morpholine rings is 1. The van der Waals surface area contributed by atoms with Crippen LogP contribution in [0.15, 0.2) is 30.3 Å². The Morgan fingerprint density at radius 1 is 1.16 bits per heavy atom. The first-order valence-electron chi connectivity index (χ1n) is 7.47. The van der Waals surface area contributed by atoms with Crippen LogP contribution in [-0.4, -0.2) is 43.8 Å². The Kier molecular flexibility index (Phi) is 5.83. The topological polar surface area (TPSA) is 24.5 Å². The molecule has 1 aliphatic rings. The first kappa shape index (κ1) is 14.5. The Morgan fingerprint density at radius 2 is 1.84 bits per heavy atom. The minimum absolute atomic E-state index is 0.411. The average Bonchev–Trinajstić information content (AvgIpc) is 2.49. The van der Waals surface area contributed by atoms with Crippen molar-refractivity contribution in [3.05, 3.63) is 35.9 Å². The van der Waals surface area contributed by atoms with Crippen molar-refractivity contribution in [2.24, 2.45) is 0 Å². The van der Waals surface area contributed by atoms with Gasteiger partial charge in [-0.05, 0) is 18.5 Å². The molecule has 0 amide bonds. The van der Waals surface area contributed by atoms with E-state index in [1.807, 2.05) is 0 Å². The van der Waals surface area contributed by atoms with Crippen LogP contribution >= 0.6 is 0 Å². The van der Waals surface area contributed by atoms with Gasteiger partial charge < -0.3 is 10.1 Å². The molecule has 0 radical (unpaired) electrons. The molecule has 0 aromatic heterocycles. The third-order valence-corrected chi connectivity index (χ3v) is 3.90. The molecule has 3 heteroatoms. The van der Waals surface area contributed by atoms with Crippen LogP contribution in [-0.2, 0) is 4.74 Å². The number of hydrogen-bond acceptors (Lipinski definition) is 3. The summed E-state index contributed by atoms with van der Waals surface area (Å²) in [6.07, 6.45) is 1.16. The van der Waals surface area contributed by atoms with Crippen LogP contribution < -0.4 is 5.32 Å². The molecule has 2 atom stereocenters.